The van der Waals surface area contributed by atoms with E-state index in [1.54, 1.807) is 0 Å². The van der Waals surface area contributed by atoms with Crippen molar-refractivity contribution in [3.63, 3.8) is 0 Å². The van der Waals surface area contributed by atoms with Crippen LogP contribution in [0.3, 0.4) is 0 Å². The van der Waals surface area contributed by atoms with Gasteiger partial charge in [0.05, 0.1) is 19.3 Å². The average molecular weight is 227 g/mol. The number of carbonyl (C=O) groups excluding carboxylic acids is 1. The number of ether oxygens (including phenoxy) is 1. The van der Waals surface area contributed by atoms with Gasteiger partial charge in [-0.3, -0.25) is 9.69 Å². The number of likely N-dealkylation sites (tertiary alicyclic amines) is 1. The first-order valence-corrected chi connectivity index (χ1v) is 6.02. The first-order valence-electron chi connectivity index (χ1n) is 6.02. The highest BCUT2D eigenvalue weighted by Gasteiger charge is 2.26. The van der Waals surface area contributed by atoms with Crippen molar-refractivity contribution in [2.75, 3.05) is 39.3 Å². The molecule has 0 aromatic carbocycles. The second-order valence-corrected chi connectivity index (χ2v) is 4.81. The van der Waals surface area contributed by atoms with Gasteiger partial charge in [-0.05, 0) is 13.3 Å². The van der Waals surface area contributed by atoms with Crippen molar-refractivity contribution in [3.05, 3.63) is 0 Å². The third-order valence-electron chi connectivity index (χ3n) is 3.26. The Bertz CT molecular complexity index is 260. The molecule has 5 heteroatoms. The standard InChI is InChI=1S/C11H21N3O2/c1-9-6-14(4-5-16-9)11(15)8-13-3-2-10(12)7-13/h9-10H,2-8,12H2,1H3/t9?,10-/m0/s1. The molecule has 2 aliphatic heterocycles. The van der Waals surface area contributed by atoms with Gasteiger partial charge in [-0.25, -0.2) is 0 Å². The zero-order chi connectivity index (χ0) is 11.5. The highest BCUT2D eigenvalue weighted by molar-refractivity contribution is 5.78. The number of nitrogens with two attached hydrogens (primary N) is 1. The van der Waals surface area contributed by atoms with Gasteiger partial charge in [0.15, 0.2) is 0 Å². The second-order valence-electron chi connectivity index (χ2n) is 4.81. The normalized spacial score (nSPS) is 32.0. The average Bonchev–Trinajstić information content (AvgIpc) is 2.64. The van der Waals surface area contributed by atoms with E-state index in [9.17, 15) is 4.79 Å². The number of nitrogens with zero attached hydrogens (tertiary/aromatic N) is 2. The van der Waals surface area contributed by atoms with E-state index in [0.29, 0.717) is 13.2 Å². The van der Waals surface area contributed by atoms with Gasteiger partial charge in [0.1, 0.15) is 0 Å². The number of hydrogen-bond donors (Lipinski definition) is 1. The first-order chi connectivity index (χ1) is 7.65. The lowest BCUT2D eigenvalue weighted by molar-refractivity contribution is -0.139. The number of carbonyl (C=O) groups is 1. The Morgan fingerprint density at radius 2 is 2.25 bits per heavy atom. The summed E-state index contributed by atoms with van der Waals surface area (Å²) in [6.45, 7) is 6.43. The predicted molar refractivity (Wildman–Crippen MR) is 61.0 cm³/mol. The molecule has 2 atom stereocenters. The van der Waals surface area contributed by atoms with Gasteiger partial charge in [-0.15, -0.1) is 0 Å². The van der Waals surface area contributed by atoms with Crippen LogP contribution in [0.4, 0.5) is 0 Å². The summed E-state index contributed by atoms with van der Waals surface area (Å²) < 4.78 is 5.42. The Balaban J connectivity index is 1.78. The molecule has 0 radical (unpaired) electrons. The van der Waals surface area contributed by atoms with Crippen molar-refractivity contribution in [2.45, 2.75) is 25.5 Å². The molecule has 1 unspecified atom stereocenters. The molecule has 92 valence electrons. The summed E-state index contributed by atoms with van der Waals surface area (Å²) in [6, 6.07) is 0.247. The van der Waals surface area contributed by atoms with Gasteiger partial charge in [0.25, 0.3) is 0 Å². The number of amides is 1. The molecule has 0 spiro atoms. The SMILES string of the molecule is CC1CN(C(=O)CN2CC[C@H](N)C2)CCO1. The number of rotatable bonds is 2. The van der Waals surface area contributed by atoms with Gasteiger partial charge >= 0.3 is 0 Å². The van der Waals surface area contributed by atoms with Crippen LogP contribution >= 0.6 is 0 Å². The third-order valence-corrected chi connectivity index (χ3v) is 3.26. The minimum atomic E-state index is 0.165. The fourth-order valence-electron chi connectivity index (χ4n) is 2.34. The van der Waals surface area contributed by atoms with Gasteiger partial charge < -0.3 is 15.4 Å². The Labute approximate surface area is 96.5 Å². The lowest BCUT2D eigenvalue weighted by atomic mass is 10.3. The Hall–Kier alpha value is -0.650. The zero-order valence-electron chi connectivity index (χ0n) is 9.89. The molecule has 0 bridgehead atoms. The fourth-order valence-corrected chi connectivity index (χ4v) is 2.34. The summed E-state index contributed by atoms with van der Waals surface area (Å²) in [5.74, 6) is 0.212. The maximum absolute atomic E-state index is 12.0. The summed E-state index contributed by atoms with van der Waals surface area (Å²) in [5.41, 5.74) is 5.81. The molecule has 2 N–H and O–H groups in total. The lowest BCUT2D eigenvalue weighted by Crippen LogP contribution is -2.48. The maximum Gasteiger partial charge on any atom is 0.236 e. The molecular weight excluding hydrogens is 206 g/mol. The molecule has 1 amide bonds. The van der Waals surface area contributed by atoms with Crippen LogP contribution < -0.4 is 5.73 Å². The smallest absolute Gasteiger partial charge is 0.236 e. The maximum atomic E-state index is 12.0. The lowest BCUT2D eigenvalue weighted by Gasteiger charge is -2.32. The first kappa shape index (κ1) is 11.8. The molecule has 16 heavy (non-hydrogen) atoms. The summed E-state index contributed by atoms with van der Waals surface area (Å²) in [7, 11) is 0. The minimum Gasteiger partial charge on any atom is -0.375 e. The Morgan fingerprint density at radius 1 is 1.44 bits per heavy atom. The Morgan fingerprint density at radius 3 is 2.88 bits per heavy atom. The number of morpholine rings is 1. The predicted octanol–water partition coefficient (Wildman–Crippen LogP) is -0.733. The van der Waals surface area contributed by atoms with Crippen LogP contribution in [0.25, 0.3) is 0 Å². The Kier molecular flexibility index (Phi) is 3.78. The molecule has 0 saturated carbocycles. The summed E-state index contributed by atoms with van der Waals surface area (Å²) >= 11 is 0. The van der Waals surface area contributed by atoms with E-state index in [1.165, 1.54) is 0 Å². The monoisotopic (exact) mass is 227 g/mol. The van der Waals surface area contributed by atoms with Gasteiger partial charge in [0.2, 0.25) is 5.91 Å². The molecule has 5 nitrogen and oxygen atoms in total. The van der Waals surface area contributed by atoms with E-state index in [4.69, 9.17) is 10.5 Å². The molecular formula is C11H21N3O2. The fraction of sp³-hybridized carbons (Fsp3) is 0.909. The van der Waals surface area contributed by atoms with Crippen LogP contribution in [0.5, 0.6) is 0 Å². The van der Waals surface area contributed by atoms with E-state index in [2.05, 4.69) is 4.90 Å². The van der Waals surface area contributed by atoms with Crippen LogP contribution in [0.15, 0.2) is 0 Å². The second kappa shape index (κ2) is 5.12. The van der Waals surface area contributed by atoms with Crippen molar-refractivity contribution in [1.82, 2.24) is 9.80 Å². The number of hydrogen-bond acceptors (Lipinski definition) is 4. The molecule has 0 aromatic rings. The van der Waals surface area contributed by atoms with Crippen LogP contribution in [0.2, 0.25) is 0 Å². The van der Waals surface area contributed by atoms with Gasteiger partial charge in [0, 0.05) is 32.2 Å². The van der Waals surface area contributed by atoms with E-state index >= 15 is 0 Å². The summed E-state index contributed by atoms with van der Waals surface area (Å²) in [4.78, 5) is 16.0. The summed E-state index contributed by atoms with van der Waals surface area (Å²) in [5, 5.41) is 0. The molecule has 2 aliphatic rings. The van der Waals surface area contributed by atoms with Crippen molar-refractivity contribution in [2.24, 2.45) is 5.73 Å². The minimum absolute atomic E-state index is 0.165. The van der Waals surface area contributed by atoms with Crippen molar-refractivity contribution >= 4 is 5.91 Å². The van der Waals surface area contributed by atoms with E-state index in [0.717, 1.165) is 32.6 Å². The molecule has 2 heterocycles. The van der Waals surface area contributed by atoms with Crippen molar-refractivity contribution in [1.29, 1.82) is 0 Å². The quantitative estimate of drug-likeness (QED) is 0.675. The van der Waals surface area contributed by atoms with Gasteiger partial charge in [-0.1, -0.05) is 0 Å². The molecule has 2 saturated heterocycles. The van der Waals surface area contributed by atoms with E-state index in [1.807, 2.05) is 11.8 Å². The van der Waals surface area contributed by atoms with Crippen molar-refractivity contribution < 1.29 is 9.53 Å². The van der Waals surface area contributed by atoms with Crippen molar-refractivity contribution in [3.8, 4) is 0 Å². The zero-order valence-corrected chi connectivity index (χ0v) is 9.89. The van der Waals surface area contributed by atoms with E-state index < -0.39 is 0 Å². The molecule has 2 fully saturated rings. The summed E-state index contributed by atoms with van der Waals surface area (Å²) in [6.07, 6.45) is 1.17. The third kappa shape index (κ3) is 2.93. The van der Waals surface area contributed by atoms with E-state index in [-0.39, 0.29) is 18.1 Å². The highest BCUT2D eigenvalue weighted by Crippen LogP contribution is 2.09. The largest absolute Gasteiger partial charge is 0.375 e. The molecule has 2 rings (SSSR count). The van der Waals surface area contributed by atoms with Crippen LogP contribution in [-0.2, 0) is 9.53 Å². The topological polar surface area (TPSA) is 58.8 Å². The highest BCUT2D eigenvalue weighted by atomic mass is 16.5. The molecule has 0 aliphatic carbocycles. The molecule has 0 aromatic heterocycles. The van der Waals surface area contributed by atoms with Crippen LogP contribution in [0, 0.1) is 0 Å². The van der Waals surface area contributed by atoms with Crippen LogP contribution in [-0.4, -0.2) is 67.2 Å². The van der Waals surface area contributed by atoms with Crippen LogP contribution in [0.1, 0.15) is 13.3 Å². The van der Waals surface area contributed by atoms with Gasteiger partial charge in [-0.2, -0.15) is 0 Å².